The minimum absolute atomic E-state index is 0.309. The lowest BCUT2D eigenvalue weighted by Crippen LogP contribution is -1.99. The molecule has 90 valence electrons. The zero-order valence-corrected chi connectivity index (χ0v) is 10.2. The highest BCUT2D eigenvalue weighted by Crippen LogP contribution is 2.22. The number of pyridine rings is 1. The number of hydrogen-bond donors (Lipinski definition) is 1. The summed E-state index contributed by atoms with van der Waals surface area (Å²) >= 11 is 0. The van der Waals surface area contributed by atoms with Gasteiger partial charge in [-0.3, -0.25) is 4.68 Å². The van der Waals surface area contributed by atoms with Crippen LogP contribution in [0.2, 0.25) is 0 Å². The van der Waals surface area contributed by atoms with Gasteiger partial charge in [-0.15, -0.1) is 0 Å². The molecule has 17 heavy (non-hydrogen) atoms. The second-order valence-electron chi connectivity index (χ2n) is 4.23. The first-order valence-corrected chi connectivity index (χ1v) is 5.50. The topological polar surface area (TPSA) is 66.0 Å². The summed E-state index contributed by atoms with van der Waals surface area (Å²) in [5.41, 5.74) is 7.40. The summed E-state index contributed by atoms with van der Waals surface area (Å²) in [6, 6.07) is 2.02. The van der Waals surface area contributed by atoms with Crippen LogP contribution in [0.4, 0.5) is 5.69 Å². The van der Waals surface area contributed by atoms with Crippen molar-refractivity contribution in [3.63, 3.8) is 0 Å². The van der Waals surface area contributed by atoms with Crippen LogP contribution < -0.4 is 10.5 Å². The number of aryl methyl sites for hydroxylation is 1. The maximum absolute atomic E-state index is 5.79. The summed E-state index contributed by atoms with van der Waals surface area (Å²) in [5, 5.41) is 4.18. The molecule has 0 aromatic carbocycles. The Kier molecular flexibility index (Phi) is 2.99. The van der Waals surface area contributed by atoms with E-state index in [0.29, 0.717) is 23.4 Å². The molecule has 0 aliphatic carbocycles. The smallest absolute Gasteiger partial charge is 0.221 e. The van der Waals surface area contributed by atoms with E-state index in [4.69, 9.17) is 10.5 Å². The number of anilines is 1. The van der Waals surface area contributed by atoms with Crippen molar-refractivity contribution in [2.45, 2.75) is 26.8 Å². The molecule has 5 heteroatoms. The van der Waals surface area contributed by atoms with Crippen LogP contribution >= 0.6 is 0 Å². The van der Waals surface area contributed by atoms with Crippen molar-refractivity contribution in [2.24, 2.45) is 0 Å². The Morgan fingerprint density at radius 3 is 2.71 bits per heavy atom. The summed E-state index contributed by atoms with van der Waals surface area (Å²) in [6.07, 6.45) is 5.19. The summed E-state index contributed by atoms with van der Waals surface area (Å²) < 4.78 is 7.40. The molecule has 0 radical (unpaired) electrons. The molecular formula is C12H16N4O. The van der Waals surface area contributed by atoms with Gasteiger partial charge in [0.15, 0.2) is 5.75 Å². The van der Waals surface area contributed by atoms with Crippen molar-refractivity contribution < 1.29 is 4.74 Å². The van der Waals surface area contributed by atoms with Crippen LogP contribution in [0.1, 0.15) is 25.5 Å². The van der Waals surface area contributed by atoms with Crippen LogP contribution in [0, 0.1) is 6.92 Å². The lowest BCUT2D eigenvalue weighted by molar-refractivity contribution is 0.459. The molecule has 0 bridgehead atoms. The molecule has 5 nitrogen and oxygen atoms in total. The van der Waals surface area contributed by atoms with Crippen molar-refractivity contribution in [3.05, 3.63) is 30.2 Å². The van der Waals surface area contributed by atoms with E-state index < -0.39 is 0 Å². The predicted molar refractivity (Wildman–Crippen MR) is 66.1 cm³/mol. The van der Waals surface area contributed by atoms with Gasteiger partial charge in [-0.25, -0.2) is 4.98 Å². The SMILES string of the molecule is Cc1cnc(Oc2cnn(C(C)C)c2)cc1N. The molecule has 0 saturated heterocycles. The molecule has 0 aliphatic rings. The van der Waals surface area contributed by atoms with E-state index in [1.54, 1.807) is 18.5 Å². The van der Waals surface area contributed by atoms with Gasteiger partial charge >= 0.3 is 0 Å². The maximum atomic E-state index is 5.79. The second kappa shape index (κ2) is 4.45. The predicted octanol–water partition coefficient (Wildman–Crippen LogP) is 2.54. The van der Waals surface area contributed by atoms with Crippen LogP contribution in [-0.4, -0.2) is 14.8 Å². The highest BCUT2D eigenvalue weighted by atomic mass is 16.5. The quantitative estimate of drug-likeness (QED) is 0.883. The van der Waals surface area contributed by atoms with E-state index in [0.717, 1.165) is 5.56 Å². The van der Waals surface area contributed by atoms with Crippen molar-refractivity contribution in [2.75, 3.05) is 5.73 Å². The molecule has 0 atom stereocenters. The van der Waals surface area contributed by atoms with E-state index in [9.17, 15) is 0 Å². The maximum Gasteiger partial charge on any atom is 0.221 e. The van der Waals surface area contributed by atoms with E-state index in [1.807, 2.05) is 17.8 Å². The molecule has 2 aromatic heterocycles. The lowest BCUT2D eigenvalue weighted by Gasteiger charge is -2.05. The van der Waals surface area contributed by atoms with Gasteiger partial charge in [0, 0.05) is 24.0 Å². The van der Waals surface area contributed by atoms with Gasteiger partial charge in [-0.1, -0.05) is 0 Å². The average molecular weight is 232 g/mol. The van der Waals surface area contributed by atoms with Crippen LogP contribution in [-0.2, 0) is 0 Å². The van der Waals surface area contributed by atoms with Crippen molar-refractivity contribution >= 4 is 5.69 Å². The first kappa shape index (κ1) is 11.4. The van der Waals surface area contributed by atoms with E-state index in [-0.39, 0.29) is 0 Å². The molecular weight excluding hydrogens is 216 g/mol. The van der Waals surface area contributed by atoms with Crippen LogP contribution in [0.5, 0.6) is 11.6 Å². The molecule has 2 N–H and O–H groups in total. The third-order valence-corrected chi connectivity index (χ3v) is 2.45. The fraction of sp³-hybridized carbons (Fsp3) is 0.333. The molecule has 0 aliphatic heterocycles. The van der Waals surface area contributed by atoms with E-state index in [2.05, 4.69) is 23.9 Å². The highest BCUT2D eigenvalue weighted by molar-refractivity contribution is 5.47. The van der Waals surface area contributed by atoms with E-state index >= 15 is 0 Å². The zero-order valence-electron chi connectivity index (χ0n) is 10.2. The molecule has 2 heterocycles. The molecule has 0 saturated carbocycles. The molecule has 0 amide bonds. The second-order valence-corrected chi connectivity index (χ2v) is 4.23. The monoisotopic (exact) mass is 232 g/mol. The summed E-state index contributed by atoms with van der Waals surface area (Å²) in [5.74, 6) is 1.14. The number of nitrogen functional groups attached to an aromatic ring is 1. The number of aromatic nitrogens is 3. The van der Waals surface area contributed by atoms with Crippen LogP contribution in [0.3, 0.4) is 0 Å². The van der Waals surface area contributed by atoms with Gasteiger partial charge < -0.3 is 10.5 Å². The van der Waals surface area contributed by atoms with Gasteiger partial charge in [-0.05, 0) is 26.3 Å². The van der Waals surface area contributed by atoms with Crippen molar-refractivity contribution in [3.8, 4) is 11.6 Å². The highest BCUT2D eigenvalue weighted by Gasteiger charge is 2.05. The molecule has 2 rings (SSSR count). The third kappa shape index (κ3) is 2.55. The van der Waals surface area contributed by atoms with Gasteiger partial charge in [0.1, 0.15) is 0 Å². The Morgan fingerprint density at radius 1 is 1.35 bits per heavy atom. The van der Waals surface area contributed by atoms with Crippen LogP contribution in [0.15, 0.2) is 24.7 Å². The molecule has 2 aromatic rings. The fourth-order valence-corrected chi connectivity index (χ4v) is 1.35. The fourth-order valence-electron chi connectivity index (χ4n) is 1.35. The number of nitrogens with zero attached hydrogens (tertiary/aromatic N) is 3. The van der Waals surface area contributed by atoms with Crippen molar-refractivity contribution in [1.29, 1.82) is 0 Å². The standard InChI is InChI=1S/C12H16N4O/c1-8(2)16-7-10(6-15-16)17-12-4-11(13)9(3)5-14-12/h4-8H,1-3H3,(H2,13,14). The largest absolute Gasteiger partial charge is 0.436 e. The Bertz CT molecular complexity index is 519. The molecule has 0 fully saturated rings. The first-order valence-electron chi connectivity index (χ1n) is 5.50. The average Bonchev–Trinajstić information content (AvgIpc) is 2.72. The van der Waals surface area contributed by atoms with Gasteiger partial charge in [0.05, 0.1) is 12.4 Å². The van der Waals surface area contributed by atoms with Gasteiger partial charge in [-0.2, -0.15) is 5.10 Å². The van der Waals surface area contributed by atoms with Crippen molar-refractivity contribution in [1.82, 2.24) is 14.8 Å². The number of nitrogens with two attached hydrogens (primary N) is 1. The molecule has 0 spiro atoms. The summed E-state index contributed by atoms with van der Waals surface area (Å²) in [6.45, 7) is 6.01. The summed E-state index contributed by atoms with van der Waals surface area (Å²) in [7, 11) is 0. The van der Waals surface area contributed by atoms with Crippen LogP contribution in [0.25, 0.3) is 0 Å². The Hall–Kier alpha value is -2.04. The molecule has 0 unspecified atom stereocenters. The number of hydrogen-bond acceptors (Lipinski definition) is 4. The van der Waals surface area contributed by atoms with Gasteiger partial charge in [0.25, 0.3) is 0 Å². The number of rotatable bonds is 3. The lowest BCUT2D eigenvalue weighted by atomic mass is 10.3. The number of ether oxygens (including phenoxy) is 1. The Balaban J connectivity index is 2.16. The Labute approximate surface area is 100 Å². The first-order chi connectivity index (χ1) is 8.06. The normalized spacial score (nSPS) is 10.8. The zero-order chi connectivity index (χ0) is 12.4. The van der Waals surface area contributed by atoms with Gasteiger partial charge in [0.2, 0.25) is 5.88 Å². The Morgan fingerprint density at radius 2 is 2.12 bits per heavy atom. The van der Waals surface area contributed by atoms with E-state index in [1.165, 1.54) is 0 Å². The summed E-state index contributed by atoms with van der Waals surface area (Å²) in [4.78, 5) is 4.15. The third-order valence-electron chi connectivity index (χ3n) is 2.45. The minimum Gasteiger partial charge on any atom is -0.436 e. The minimum atomic E-state index is 0.309.